The van der Waals surface area contributed by atoms with Crippen LogP contribution >= 0.6 is 0 Å². The number of hydrogen-bond donors (Lipinski definition) is 0. The summed E-state index contributed by atoms with van der Waals surface area (Å²) in [5, 5.41) is 7.07. The van der Waals surface area contributed by atoms with Crippen LogP contribution in [0.25, 0.3) is 11.1 Å². The van der Waals surface area contributed by atoms with E-state index in [-0.39, 0.29) is 0 Å². The quantitative estimate of drug-likeness (QED) is 0.556. The summed E-state index contributed by atoms with van der Waals surface area (Å²) in [5.74, 6) is 5.85. The summed E-state index contributed by atoms with van der Waals surface area (Å²) in [4.78, 5) is 0. The van der Waals surface area contributed by atoms with E-state index in [0.29, 0.717) is 0 Å². The highest BCUT2D eigenvalue weighted by molar-refractivity contribution is 5.85. The van der Waals surface area contributed by atoms with E-state index in [2.05, 4.69) is 74.2 Å². The lowest BCUT2D eigenvalue weighted by Crippen LogP contribution is -2.05. The summed E-state index contributed by atoms with van der Waals surface area (Å²) in [5.41, 5.74) is 6.66. The number of aryl methyl sites for hydroxylation is 2. The maximum atomic E-state index is 5.90. The molecule has 0 fully saturated rings. The fourth-order valence-electron chi connectivity index (χ4n) is 4.26. The molecule has 2 aliphatic carbocycles. The zero-order valence-corrected chi connectivity index (χ0v) is 14.8. The predicted octanol–water partition coefficient (Wildman–Crippen LogP) is 3.17. The lowest BCUT2D eigenvalue weighted by atomic mass is 10.00. The van der Waals surface area contributed by atoms with Gasteiger partial charge in [-0.1, -0.05) is 59.4 Å². The van der Waals surface area contributed by atoms with Crippen LogP contribution < -0.4 is 10.4 Å². The van der Waals surface area contributed by atoms with E-state index < -0.39 is 0 Å². The van der Waals surface area contributed by atoms with Crippen LogP contribution in [0.4, 0.5) is 0 Å². The molecule has 0 bridgehead atoms. The minimum atomic E-state index is 0.976. The van der Waals surface area contributed by atoms with Gasteiger partial charge in [0.1, 0.15) is 0 Å². The van der Waals surface area contributed by atoms with Gasteiger partial charge in [-0.3, -0.25) is 0 Å². The molecule has 0 saturated heterocycles. The van der Waals surface area contributed by atoms with Crippen LogP contribution in [0, 0.1) is 59.4 Å². The first-order chi connectivity index (χ1) is 12.6. The Bertz CT molecular complexity index is 1430. The first-order valence-corrected chi connectivity index (χ1v) is 8.71. The van der Waals surface area contributed by atoms with Gasteiger partial charge in [0.05, 0.1) is 0 Å². The average molecular weight is 328 g/mol. The molecule has 0 heterocycles. The van der Waals surface area contributed by atoms with Gasteiger partial charge in [0, 0.05) is 11.1 Å². The van der Waals surface area contributed by atoms with E-state index in [1.54, 1.807) is 0 Å². The highest BCUT2D eigenvalue weighted by Crippen LogP contribution is 2.26. The summed E-state index contributed by atoms with van der Waals surface area (Å²) in [7, 11) is 0. The molecule has 0 spiro atoms. The van der Waals surface area contributed by atoms with E-state index >= 15 is 0 Å². The molecule has 5 rings (SSSR count). The third-order valence-electron chi connectivity index (χ3n) is 5.45. The first kappa shape index (κ1) is 14.8. The Kier molecular flexibility index (Phi) is 2.86. The Labute approximate surface area is 152 Å². The third-order valence-corrected chi connectivity index (χ3v) is 5.45. The van der Waals surface area contributed by atoms with Crippen molar-refractivity contribution in [3.63, 3.8) is 0 Å². The normalized spacial score (nSPS) is 12.8. The number of hydrogen-bond acceptors (Lipinski definition) is 0. The van der Waals surface area contributed by atoms with E-state index in [1.807, 2.05) is 0 Å². The fourth-order valence-corrected chi connectivity index (χ4v) is 4.26. The van der Waals surface area contributed by atoms with E-state index in [9.17, 15) is 0 Å². The van der Waals surface area contributed by atoms with Gasteiger partial charge in [-0.05, 0) is 68.4 Å². The largest absolute Gasteiger partial charge is 0.115 e. The molecule has 3 aromatic carbocycles. The van der Waals surface area contributed by atoms with Crippen molar-refractivity contribution < 1.29 is 0 Å². The molecule has 0 heteroatoms. The van der Waals surface area contributed by atoms with Crippen molar-refractivity contribution in [1.82, 2.24) is 0 Å². The van der Waals surface area contributed by atoms with Crippen LogP contribution in [0.3, 0.4) is 0 Å². The number of rotatable bonds is 0. The molecule has 0 amide bonds. The van der Waals surface area contributed by atoms with E-state index in [4.69, 9.17) is 12.8 Å². The molecular weight excluding hydrogens is 312 g/mol. The second-order valence-corrected chi connectivity index (χ2v) is 7.08. The molecule has 0 atom stereocenters. The van der Waals surface area contributed by atoms with Crippen LogP contribution in [0.15, 0.2) is 48.5 Å². The molecule has 0 unspecified atom stereocenters. The number of fused-ring (bicyclic) bond motifs is 4. The predicted molar refractivity (Wildman–Crippen MR) is 106 cm³/mol. The number of terminal acetylenes is 2. The van der Waals surface area contributed by atoms with Gasteiger partial charge in [-0.2, -0.15) is 0 Å². The third kappa shape index (κ3) is 1.77. The van der Waals surface area contributed by atoms with Crippen molar-refractivity contribution in [2.75, 3.05) is 0 Å². The van der Waals surface area contributed by atoms with Crippen molar-refractivity contribution in [3.8, 4) is 24.7 Å². The molecule has 0 saturated carbocycles. The lowest BCUT2D eigenvalue weighted by molar-refractivity contribution is 1.38. The molecule has 120 valence electrons. The van der Waals surface area contributed by atoms with Crippen LogP contribution in [-0.4, -0.2) is 0 Å². The van der Waals surface area contributed by atoms with Crippen LogP contribution in [-0.2, 0) is 0 Å². The van der Waals surface area contributed by atoms with Gasteiger partial charge in [0.25, 0.3) is 0 Å². The number of benzene rings is 3. The first-order valence-electron chi connectivity index (χ1n) is 8.71. The molecule has 0 radical (unpaired) electrons. The molecule has 0 N–H and O–H groups in total. The van der Waals surface area contributed by atoms with E-state index in [1.165, 1.54) is 32.0 Å². The maximum Gasteiger partial charge on any atom is 0.0400 e. The van der Waals surface area contributed by atoms with Gasteiger partial charge in [-0.25, -0.2) is 0 Å². The molecule has 2 aliphatic rings. The van der Waals surface area contributed by atoms with Crippen molar-refractivity contribution in [2.24, 2.45) is 0 Å². The van der Waals surface area contributed by atoms with Crippen LogP contribution in [0.1, 0.15) is 22.3 Å². The Morgan fingerprint density at radius 3 is 1.35 bits per heavy atom. The second-order valence-electron chi connectivity index (χ2n) is 7.08. The fraction of sp³-hybridized carbons (Fsp3) is 0.0769. The van der Waals surface area contributed by atoms with Gasteiger partial charge < -0.3 is 0 Å². The maximum absolute atomic E-state index is 5.90. The lowest BCUT2D eigenvalue weighted by Gasteiger charge is -2.02. The van der Waals surface area contributed by atoms with Crippen molar-refractivity contribution in [2.45, 2.75) is 13.8 Å². The van der Waals surface area contributed by atoms with Crippen molar-refractivity contribution in [3.05, 3.63) is 102 Å². The second kappa shape index (κ2) is 5.01. The topological polar surface area (TPSA) is 0 Å². The van der Waals surface area contributed by atoms with Gasteiger partial charge in [-0.15, -0.1) is 12.8 Å². The van der Waals surface area contributed by atoms with Crippen molar-refractivity contribution in [1.29, 1.82) is 0 Å². The standard InChI is InChI=1S/C26H16/c1-5-17-21-11-15(3)7-9-19(21)25-14-24-18(6-2)22-12-16(4)8-10-20(22)26(24)13-23(17)25/h1-2,7-14H,3-4H3. The van der Waals surface area contributed by atoms with Crippen molar-refractivity contribution >= 4 is 11.1 Å². The van der Waals surface area contributed by atoms with Gasteiger partial charge >= 0.3 is 0 Å². The SMILES string of the molecule is C#CC1=c2cc(C)ccc2=c2cc3c(cc21)=c1ccc(C)cc1=C3C#C. The van der Waals surface area contributed by atoms with Gasteiger partial charge in [0.2, 0.25) is 0 Å². The van der Waals surface area contributed by atoms with Gasteiger partial charge in [0.15, 0.2) is 0 Å². The molecule has 0 nitrogen and oxygen atoms in total. The summed E-state index contributed by atoms with van der Waals surface area (Å²) >= 11 is 0. The minimum absolute atomic E-state index is 0.976. The molecule has 26 heavy (non-hydrogen) atoms. The molecule has 0 aliphatic heterocycles. The Morgan fingerprint density at radius 2 is 0.962 bits per heavy atom. The minimum Gasteiger partial charge on any atom is -0.115 e. The summed E-state index contributed by atoms with van der Waals surface area (Å²) < 4.78 is 0. The monoisotopic (exact) mass is 328 g/mol. The molecule has 3 aromatic rings. The smallest absolute Gasteiger partial charge is 0.0400 e. The average Bonchev–Trinajstić information content (AvgIpc) is 3.10. The zero-order valence-electron chi connectivity index (χ0n) is 14.8. The highest BCUT2D eigenvalue weighted by atomic mass is 14.2. The summed E-state index contributed by atoms with van der Waals surface area (Å²) in [6, 6.07) is 17.4. The molecule has 0 aromatic heterocycles. The zero-order chi connectivity index (χ0) is 18.0. The Balaban J connectivity index is 2.06. The summed E-state index contributed by atoms with van der Waals surface area (Å²) in [6.07, 6.45) is 11.8. The highest BCUT2D eigenvalue weighted by Gasteiger charge is 2.17. The Hall–Kier alpha value is -3.48. The Morgan fingerprint density at radius 1 is 0.538 bits per heavy atom. The molecular formula is C26H16. The van der Waals surface area contributed by atoms with Crippen LogP contribution in [0.5, 0.6) is 0 Å². The summed E-state index contributed by atoms with van der Waals surface area (Å²) in [6.45, 7) is 4.19. The van der Waals surface area contributed by atoms with E-state index in [0.717, 1.165) is 32.7 Å². The van der Waals surface area contributed by atoms with Crippen LogP contribution in [0.2, 0.25) is 0 Å².